The highest BCUT2D eigenvalue weighted by Crippen LogP contribution is 2.12. The van der Waals surface area contributed by atoms with Gasteiger partial charge in [-0.15, -0.1) is 0 Å². The Kier molecular flexibility index (Phi) is 4.34. The quantitative estimate of drug-likeness (QED) is 0.682. The minimum absolute atomic E-state index is 0.280. The number of nitrogens with one attached hydrogen (secondary N) is 2. The van der Waals surface area contributed by atoms with E-state index < -0.39 is 11.7 Å². The normalized spacial score (nSPS) is 24.2. The average Bonchev–Trinajstić information content (AvgIpc) is 2.61. The highest BCUT2D eigenvalue weighted by Gasteiger charge is 2.35. The first-order valence-electron chi connectivity index (χ1n) is 5.61. The standard InChI is InChI=1S/C11H20N2O4/c1-11(2,3)17-10(15)13-8-6-12-5-7(8)9(14)16-4/h7-8,12H,5-6H2,1-4H3,(H,13,15)/t7?,8-/m1/s1. The molecule has 0 radical (unpaired) electrons. The van der Waals surface area contributed by atoms with Crippen molar-refractivity contribution in [3.8, 4) is 0 Å². The van der Waals surface area contributed by atoms with E-state index in [4.69, 9.17) is 4.74 Å². The Bertz CT molecular complexity index is 298. The van der Waals surface area contributed by atoms with Gasteiger partial charge in [-0.2, -0.15) is 0 Å². The number of rotatable bonds is 2. The van der Waals surface area contributed by atoms with Gasteiger partial charge in [-0.05, 0) is 20.8 Å². The first kappa shape index (κ1) is 13.8. The summed E-state index contributed by atoms with van der Waals surface area (Å²) in [7, 11) is 1.34. The Labute approximate surface area is 101 Å². The van der Waals surface area contributed by atoms with Crippen LogP contribution < -0.4 is 10.6 Å². The van der Waals surface area contributed by atoms with Crippen molar-refractivity contribution >= 4 is 12.1 Å². The van der Waals surface area contributed by atoms with Crippen LogP contribution in [0, 0.1) is 5.92 Å². The van der Waals surface area contributed by atoms with Crippen molar-refractivity contribution in [2.24, 2.45) is 5.92 Å². The second-order valence-corrected chi connectivity index (χ2v) is 5.04. The smallest absolute Gasteiger partial charge is 0.407 e. The van der Waals surface area contributed by atoms with Gasteiger partial charge < -0.3 is 20.1 Å². The fourth-order valence-electron chi connectivity index (χ4n) is 1.69. The molecule has 6 heteroatoms. The number of amides is 1. The minimum Gasteiger partial charge on any atom is -0.469 e. The second-order valence-electron chi connectivity index (χ2n) is 5.04. The van der Waals surface area contributed by atoms with Crippen LogP contribution in [0.25, 0.3) is 0 Å². The summed E-state index contributed by atoms with van der Waals surface area (Å²) in [5, 5.41) is 5.71. The molecule has 17 heavy (non-hydrogen) atoms. The molecule has 1 aliphatic heterocycles. The number of methoxy groups -OCH3 is 1. The Morgan fingerprint density at radius 2 is 1.94 bits per heavy atom. The first-order chi connectivity index (χ1) is 7.83. The van der Waals surface area contributed by atoms with Gasteiger partial charge in [0.15, 0.2) is 0 Å². The third-order valence-corrected chi connectivity index (χ3v) is 2.42. The van der Waals surface area contributed by atoms with Gasteiger partial charge in [0.2, 0.25) is 0 Å². The lowest BCUT2D eigenvalue weighted by Gasteiger charge is -2.23. The van der Waals surface area contributed by atoms with E-state index >= 15 is 0 Å². The maximum Gasteiger partial charge on any atom is 0.407 e. The van der Waals surface area contributed by atoms with E-state index in [1.807, 2.05) is 0 Å². The van der Waals surface area contributed by atoms with Crippen LogP contribution in [-0.2, 0) is 14.3 Å². The average molecular weight is 244 g/mol. The Balaban J connectivity index is 2.50. The molecule has 0 aromatic heterocycles. The lowest BCUT2D eigenvalue weighted by atomic mass is 10.0. The van der Waals surface area contributed by atoms with E-state index in [0.717, 1.165) is 0 Å². The lowest BCUT2D eigenvalue weighted by molar-refractivity contribution is -0.145. The predicted octanol–water partition coefficient (Wildman–Crippen LogP) is 0.272. The fourth-order valence-corrected chi connectivity index (χ4v) is 1.69. The number of alkyl carbamates (subject to hydrolysis) is 1. The molecule has 1 aliphatic rings. The van der Waals surface area contributed by atoms with E-state index in [2.05, 4.69) is 15.4 Å². The number of hydrogen-bond acceptors (Lipinski definition) is 5. The van der Waals surface area contributed by atoms with Crippen LogP contribution in [-0.4, -0.2) is 43.9 Å². The molecular weight excluding hydrogens is 224 g/mol. The number of ether oxygens (including phenoxy) is 2. The van der Waals surface area contributed by atoms with Crippen molar-refractivity contribution < 1.29 is 19.1 Å². The molecule has 1 rings (SSSR count). The molecule has 1 fully saturated rings. The van der Waals surface area contributed by atoms with Crippen LogP contribution in [0.3, 0.4) is 0 Å². The van der Waals surface area contributed by atoms with Crippen molar-refractivity contribution in [2.45, 2.75) is 32.4 Å². The van der Waals surface area contributed by atoms with Crippen LogP contribution in [0.1, 0.15) is 20.8 Å². The molecule has 0 saturated carbocycles. The number of hydrogen-bond donors (Lipinski definition) is 2. The van der Waals surface area contributed by atoms with Crippen LogP contribution in [0.2, 0.25) is 0 Å². The van der Waals surface area contributed by atoms with Gasteiger partial charge in [-0.1, -0.05) is 0 Å². The predicted molar refractivity (Wildman–Crippen MR) is 61.5 cm³/mol. The van der Waals surface area contributed by atoms with Crippen molar-refractivity contribution in [1.82, 2.24) is 10.6 Å². The van der Waals surface area contributed by atoms with E-state index in [-0.39, 0.29) is 17.9 Å². The van der Waals surface area contributed by atoms with E-state index in [0.29, 0.717) is 13.1 Å². The van der Waals surface area contributed by atoms with Gasteiger partial charge in [-0.25, -0.2) is 4.79 Å². The Morgan fingerprint density at radius 1 is 1.29 bits per heavy atom. The lowest BCUT2D eigenvalue weighted by Crippen LogP contribution is -2.45. The van der Waals surface area contributed by atoms with Gasteiger partial charge in [-0.3, -0.25) is 4.79 Å². The number of carbonyl (C=O) groups is 2. The second kappa shape index (κ2) is 5.35. The first-order valence-corrected chi connectivity index (χ1v) is 5.61. The summed E-state index contributed by atoms with van der Waals surface area (Å²) in [5.74, 6) is -0.677. The summed E-state index contributed by atoms with van der Waals surface area (Å²) in [6.45, 7) is 6.41. The van der Waals surface area contributed by atoms with Gasteiger partial charge in [0.25, 0.3) is 0 Å². The molecule has 6 nitrogen and oxygen atoms in total. The van der Waals surface area contributed by atoms with Crippen LogP contribution in [0.5, 0.6) is 0 Å². The minimum atomic E-state index is -0.545. The maximum atomic E-state index is 11.6. The zero-order chi connectivity index (χ0) is 13.1. The molecule has 0 aliphatic carbocycles. The van der Waals surface area contributed by atoms with Crippen LogP contribution in [0.15, 0.2) is 0 Å². The van der Waals surface area contributed by atoms with Gasteiger partial charge in [0, 0.05) is 13.1 Å². The van der Waals surface area contributed by atoms with Crippen molar-refractivity contribution in [3.63, 3.8) is 0 Å². The van der Waals surface area contributed by atoms with Crippen molar-refractivity contribution in [2.75, 3.05) is 20.2 Å². The molecular formula is C11H20N2O4. The summed E-state index contributed by atoms with van der Waals surface area (Å²) >= 11 is 0. The van der Waals surface area contributed by atoms with Crippen molar-refractivity contribution in [3.05, 3.63) is 0 Å². The topological polar surface area (TPSA) is 76.7 Å². The summed E-state index contributed by atoms with van der Waals surface area (Å²) in [6, 6.07) is -0.280. The molecule has 0 aromatic carbocycles. The van der Waals surface area contributed by atoms with E-state index in [9.17, 15) is 9.59 Å². The molecule has 1 saturated heterocycles. The third-order valence-electron chi connectivity index (χ3n) is 2.42. The molecule has 1 amide bonds. The van der Waals surface area contributed by atoms with Gasteiger partial charge in [0.05, 0.1) is 19.1 Å². The SMILES string of the molecule is COC(=O)C1CNC[C@H]1NC(=O)OC(C)(C)C. The van der Waals surface area contributed by atoms with Crippen LogP contribution in [0.4, 0.5) is 4.79 Å². The zero-order valence-electron chi connectivity index (χ0n) is 10.7. The monoisotopic (exact) mass is 244 g/mol. The summed E-state index contributed by atoms with van der Waals surface area (Å²) < 4.78 is 9.81. The zero-order valence-corrected chi connectivity index (χ0v) is 10.7. The molecule has 2 atom stereocenters. The van der Waals surface area contributed by atoms with Gasteiger partial charge in [0.1, 0.15) is 5.60 Å². The Morgan fingerprint density at radius 3 is 2.47 bits per heavy atom. The van der Waals surface area contributed by atoms with Crippen LogP contribution >= 0.6 is 0 Å². The molecule has 0 aromatic rings. The third kappa shape index (κ3) is 4.22. The largest absolute Gasteiger partial charge is 0.469 e. The maximum absolute atomic E-state index is 11.6. The Hall–Kier alpha value is -1.30. The van der Waals surface area contributed by atoms with Gasteiger partial charge >= 0.3 is 12.1 Å². The molecule has 0 bridgehead atoms. The molecule has 1 heterocycles. The van der Waals surface area contributed by atoms with E-state index in [1.54, 1.807) is 20.8 Å². The number of carbonyl (C=O) groups excluding carboxylic acids is 2. The summed E-state index contributed by atoms with van der Waals surface area (Å²) in [5.41, 5.74) is -0.545. The molecule has 2 N–H and O–H groups in total. The molecule has 1 unspecified atom stereocenters. The highest BCUT2D eigenvalue weighted by atomic mass is 16.6. The summed E-state index contributed by atoms with van der Waals surface area (Å²) in [6.07, 6.45) is -0.514. The highest BCUT2D eigenvalue weighted by molar-refractivity contribution is 5.76. The molecule has 98 valence electrons. The molecule has 0 spiro atoms. The fraction of sp³-hybridized carbons (Fsp3) is 0.818. The van der Waals surface area contributed by atoms with E-state index in [1.165, 1.54) is 7.11 Å². The van der Waals surface area contributed by atoms with Crippen molar-refractivity contribution in [1.29, 1.82) is 0 Å². The number of esters is 1. The summed E-state index contributed by atoms with van der Waals surface area (Å²) in [4.78, 5) is 23.0.